The molecule has 0 radical (unpaired) electrons. The van der Waals surface area contributed by atoms with Crippen LogP contribution in [0.15, 0.2) is 24.3 Å². The van der Waals surface area contributed by atoms with E-state index in [1.54, 1.807) is 11.0 Å². The van der Waals surface area contributed by atoms with Gasteiger partial charge in [-0.05, 0) is 30.9 Å². The first-order chi connectivity index (χ1) is 10.9. The lowest BCUT2D eigenvalue weighted by atomic mass is 10.0. The van der Waals surface area contributed by atoms with E-state index in [1.165, 1.54) is 0 Å². The number of aliphatic hydroxyl groups excluding tert-OH is 1. The Labute approximate surface area is 137 Å². The van der Waals surface area contributed by atoms with E-state index in [-0.39, 0.29) is 30.3 Å². The van der Waals surface area contributed by atoms with Crippen LogP contribution in [-0.4, -0.2) is 47.6 Å². The van der Waals surface area contributed by atoms with E-state index in [0.29, 0.717) is 18.7 Å². The molecule has 1 heterocycles. The van der Waals surface area contributed by atoms with Crippen molar-refractivity contribution in [2.24, 2.45) is 11.8 Å². The molecule has 1 aromatic rings. The molecule has 0 saturated carbocycles. The molecule has 0 aliphatic carbocycles. The summed E-state index contributed by atoms with van der Waals surface area (Å²) in [5, 5.41) is 12.1. The predicted molar refractivity (Wildman–Crippen MR) is 89.0 cm³/mol. The van der Waals surface area contributed by atoms with E-state index in [2.05, 4.69) is 5.32 Å². The number of hydrogen-bond acceptors (Lipinski definition) is 3. The van der Waals surface area contributed by atoms with Crippen molar-refractivity contribution in [2.45, 2.75) is 33.2 Å². The zero-order chi connectivity index (χ0) is 17.0. The molecule has 2 unspecified atom stereocenters. The van der Waals surface area contributed by atoms with Crippen molar-refractivity contribution >= 4 is 11.8 Å². The number of nitrogens with one attached hydrogen (secondary N) is 1. The van der Waals surface area contributed by atoms with E-state index in [4.69, 9.17) is 0 Å². The highest BCUT2D eigenvalue weighted by molar-refractivity contribution is 5.98. The molecule has 5 heteroatoms. The largest absolute Gasteiger partial charge is 0.396 e. The van der Waals surface area contributed by atoms with Gasteiger partial charge in [-0.25, -0.2) is 0 Å². The Morgan fingerprint density at radius 2 is 2.04 bits per heavy atom. The van der Waals surface area contributed by atoms with Crippen LogP contribution in [0.2, 0.25) is 0 Å². The maximum absolute atomic E-state index is 12.7. The third kappa shape index (κ3) is 4.10. The maximum Gasteiger partial charge on any atom is 0.252 e. The number of nitrogens with zero attached hydrogens (tertiary/aromatic N) is 1. The van der Waals surface area contributed by atoms with Crippen molar-refractivity contribution < 1.29 is 14.7 Å². The van der Waals surface area contributed by atoms with E-state index < -0.39 is 6.04 Å². The summed E-state index contributed by atoms with van der Waals surface area (Å²) in [7, 11) is 0. The van der Waals surface area contributed by atoms with Crippen LogP contribution in [0.4, 0.5) is 0 Å². The fraction of sp³-hybridized carbons (Fsp3) is 0.556. The first-order valence-corrected chi connectivity index (χ1v) is 8.20. The number of rotatable bonds is 5. The van der Waals surface area contributed by atoms with Gasteiger partial charge in [-0.2, -0.15) is 0 Å². The Balaban J connectivity index is 2.08. The number of hydrogen-bond donors (Lipinski definition) is 2. The first-order valence-electron chi connectivity index (χ1n) is 8.20. The van der Waals surface area contributed by atoms with Gasteiger partial charge in [0.15, 0.2) is 0 Å². The Hall–Kier alpha value is -1.88. The predicted octanol–water partition coefficient (Wildman–Crippen LogP) is 1.59. The van der Waals surface area contributed by atoms with Gasteiger partial charge in [0, 0.05) is 31.2 Å². The molecule has 1 aliphatic rings. The Morgan fingerprint density at radius 1 is 1.35 bits per heavy atom. The summed E-state index contributed by atoms with van der Waals surface area (Å²) in [6.07, 6.45) is 0.818. The zero-order valence-electron chi connectivity index (χ0n) is 14.1. The lowest BCUT2D eigenvalue weighted by molar-refractivity contribution is -0.133. The standard InChI is InChI=1S/C18H26N2O3/c1-12(2)16(18(23)20-9-8-14(10-20)11-21)19-17(22)15-7-5-4-6-13(15)3/h4-7,12,14,16,21H,8-11H2,1-3H3,(H,19,22). The smallest absolute Gasteiger partial charge is 0.252 e. The molecule has 0 bridgehead atoms. The van der Waals surface area contributed by atoms with Crippen molar-refractivity contribution in [2.75, 3.05) is 19.7 Å². The van der Waals surface area contributed by atoms with Crippen LogP contribution in [0.25, 0.3) is 0 Å². The number of likely N-dealkylation sites (tertiary alicyclic amines) is 1. The molecule has 2 amide bonds. The average Bonchev–Trinajstić information content (AvgIpc) is 3.01. The summed E-state index contributed by atoms with van der Waals surface area (Å²) >= 11 is 0. The van der Waals surface area contributed by atoms with Crippen molar-refractivity contribution in [3.05, 3.63) is 35.4 Å². The second-order valence-corrected chi connectivity index (χ2v) is 6.63. The fourth-order valence-electron chi connectivity index (χ4n) is 2.94. The zero-order valence-corrected chi connectivity index (χ0v) is 14.1. The molecular formula is C18H26N2O3. The Morgan fingerprint density at radius 3 is 2.61 bits per heavy atom. The van der Waals surface area contributed by atoms with Crippen LogP contribution >= 0.6 is 0 Å². The highest BCUT2D eigenvalue weighted by Crippen LogP contribution is 2.18. The molecule has 2 atom stereocenters. The SMILES string of the molecule is Cc1ccccc1C(=O)NC(C(=O)N1CCC(CO)C1)C(C)C. The lowest BCUT2D eigenvalue weighted by Crippen LogP contribution is -2.50. The molecule has 23 heavy (non-hydrogen) atoms. The Bertz CT molecular complexity index is 571. The van der Waals surface area contributed by atoms with E-state index >= 15 is 0 Å². The topological polar surface area (TPSA) is 69.6 Å². The van der Waals surface area contributed by atoms with Crippen LogP contribution in [0.5, 0.6) is 0 Å². The number of aliphatic hydroxyl groups is 1. The lowest BCUT2D eigenvalue weighted by Gasteiger charge is -2.27. The molecule has 5 nitrogen and oxygen atoms in total. The summed E-state index contributed by atoms with van der Waals surface area (Å²) in [6, 6.07) is 6.81. The first kappa shape index (κ1) is 17.5. The summed E-state index contributed by atoms with van der Waals surface area (Å²) in [6.45, 7) is 7.06. The third-order valence-corrected chi connectivity index (χ3v) is 4.46. The van der Waals surface area contributed by atoms with Crippen molar-refractivity contribution in [3.63, 3.8) is 0 Å². The molecule has 2 rings (SSSR count). The van der Waals surface area contributed by atoms with Crippen molar-refractivity contribution in [1.82, 2.24) is 10.2 Å². The molecular weight excluding hydrogens is 292 g/mol. The molecule has 0 spiro atoms. The number of aryl methyl sites for hydroxylation is 1. The van der Waals surface area contributed by atoms with E-state index in [1.807, 2.05) is 39.0 Å². The summed E-state index contributed by atoms with van der Waals surface area (Å²) in [4.78, 5) is 27.0. The van der Waals surface area contributed by atoms with Crippen molar-refractivity contribution in [3.8, 4) is 0 Å². The number of carbonyl (C=O) groups is 2. The van der Waals surface area contributed by atoms with Crippen LogP contribution in [0.1, 0.15) is 36.2 Å². The second kappa shape index (κ2) is 7.59. The van der Waals surface area contributed by atoms with E-state index in [9.17, 15) is 14.7 Å². The molecule has 1 aromatic carbocycles. The molecule has 0 aromatic heterocycles. The van der Waals surface area contributed by atoms with Gasteiger partial charge in [-0.3, -0.25) is 9.59 Å². The molecule has 1 aliphatic heterocycles. The van der Waals surface area contributed by atoms with Crippen LogP contribution < -0.4 is 5.32 Å². The van der Waals surface area contributed by atoms with Gasteiger partial charge >= 0.3 is 0 Å². The van der Waals surface area contributed by atoms with Crippen LogP contribution in [0.3, 0.4) is 0 Å². The van der Waals surface area contributed by atoms with Gasteiger partial charge in [0.2, 0.25) is 5.91 Å². The van der Waals surface area contributed by atoms with Gasteiger partial charge in [0.25, 0.3) is 5.91 Å². The van der Waals surface area contributed by atoms with Gasteiger partial charge in [0.05, 0.1) is 0 Å². The highest BCUT2D eigenvalue weighted by atomic mass is 16.3. The van der Waals surface area contributed by atoms with Gasteiger partial charge < -0.3 is 15.3 Å². The summed E-state index contributed by atoms with van der Waals surface area (Å²) < 4.78 is 0. The third-order valence-electron chi connectivity index (χ3n) is 4.46. The summed E-state index contributed by atoms with van der Waals surface area (Å²) in [5.41, 5.74) is 1.49. The van der Waals surface area contributed by atoms with Crippen LogP contribution in [0, 0.1) is 18.8 Å². The molecule has 1 fully saturated rings. The minimum Gasteiger partial charge on any atom is -0.396 e. The quantitative estimate of drug-likeness (QED) is 0.866. The highest BCUT2D eigenvalue weighted by Gasteiger charge is 2.33. The normalized spacial score (nSPS) is 19.0. The minimum absolute atomic E-state index is 0.00337. The number of benzene rings is 1. The van der Waals surface area contributed by atoms with Gasteiger partial charge in [-0.15, -0.1) is 0 Å². The fourth-order valence-corrected chi connectivity index (χ4v) is 2.94. The summed E-state index contributed by atoms with van der Waals surface area (Å²) in [5.74, 6) is -0.117. The Kier molecular flexibility index (Phi) is 5.77. The number of amides is 2. The second-order valence-electron chi connectivity index (χ2n) is 6.63. The van der Waals surface area contributed by atoms with E-state index in [0.717, 1.165) is 12.0 Å². The monoisotopic (exact) mass is 318 g/mol. The average molecular weight is 318 g/mol. The minimum atomic E-state index is -0.542. The van der Waals surface area contributed by atoms with Crippen molar-refractivity contribution in [1.29, 1.82) is 0 Å². The van der Waals surface area contributed by atoms with Gasteiger partial charge in [0.1, 0.15) is 6.04 Å². The maximum atomic E-state index is 12.7. The molecule has 1 saturated heterocycles. The molecule has 2 N–H and O–H groups in total. The van der Waals surface area contributed by atoms with Gasteiger partial charge in [-0.1, -0.05) is 32.0 Å². The van der Waals surface area contributed by atoms with Crippen LogP contribution in [-0.2, 0) is 4.79 Å². The number of carbonyl (C=O) groups excluding carboxylic acids is 2. The molecule has 126 valence electrons.